The Balaban J connectivity index is 1.46. The predicted octanol–water partition coefficient (Wildman–Crippen LogP) is 3.69. The van der Waals surface area contributed by atoms with Crippen molar-refractivity contribution in [2.45, 2.75) is 36.4 Å². The first kappa shape index (κ1) is 20.8. The molecule has 170 valence electrons. The van der Waals surface area contributed by atoms with Crippen molar-refractivity contribution in [3.05, 3.63) is 130 Å². The number of aromatic nitrogens is 2. The minimum absolute atomic E-state index is 0.181. The Morgan fingerprint density at radius 1 is 0.824 bits per heavy atom. The van der Waals surface area contributed by atoms with Crippen LogP contribution in [-0.4, -0.2) is 33.0 Å². The van der Waals surface area contributed by atoms with Crippen LogP contribution in [0.2, 0.25) is 0 Å². The molecule has 34 heavy (non-hydrogen) atoms. The predicted molar refractivity (Wildman–Crippen MR) is 127 cm³/mol. The summed E-state index contributed by atoms with van der Waals surface area (Å²) in [6.07, 6.45) is -0.447. The monoisotopic (exact) mass is 452 g/mol. The molecular weight excluding hydrogens is 428 g/mol. The van der Waals surface area contributed by atoms with Gasteiger partial charge in [-0.2, -0.15) is 4.98 Å². The fourth-order valence-electron chi connectivity index (χ4n) is 5.36. The second-order valence-corrected chi connectivity index (χ2v) is 8.80. The SMILES string of the molecule is O=c1ccn2c(n1)O[C@@H]1[C@H](O)[C@H](CC(c3ccccc3)(c3ccccc3)c3ccccc3)O[C@H]12. The summed E-state index contributed by atoms with van der Waals surface area (Å²) in [5.41, 5.74) is 2.41. The molecule has 2 aliphatic rings. The summed E-state index contributed by atoms with van der Waals surface area (Å²) in [6, 6.07) is 32.6. The van der Waals surface area contributed by atoms with Crippen LogP contribution in [0.4, 0.5) is 0 Å². The molecule has 6 heteroatoms. The second-order valence-electron chi connectivity index (χ2n) is 8.80. The lowest BCUT2D eigenvalue weighted by atomic mass is 9.66. The van der Waals surface area contributed by atoms with Crippen molar-refractivity contribution < 1.29 is 14.6 Å². The Bertz CT molecular complexity index is 1240. The number of nitrogens with zero attached hydrogens (tertiary/aromatic N) is 2. The van der Waals surface area contributed by atoms with Gasteiger partial charge in [-0.15, -0.1) is 0 Å². The summed E-state index contributed by atoms with van der Waals surface area (Å²) in [5, 5.41) is 11.3. The van der Waals surface area contributed by atoms with E-state index in [0.29, 0.717) is 6.42 Å². The topological polar surface area (TPSA) is 73.6 Å². The van der Waals surface area contributed by atoms with Crippen LogP contribution in [0.25, 0.3) is 0 Å². The van der Waals surface area contributed by atoms with Gasteiger partial charge in [0.15, 0.2) is 12.3 Å². The molecule has 3 aromatic carbocycles. The zero-order valence-corrected chi connectivity index (χ0v) is 18.4. The van der Waals surface area contributed by atoms with Crippen molar-refractivity contribution in [1.82, 2.24) is 9.55 Å². The maximum Gasteiger partial charge on any atom is 0.302 e. The third kappa shape index (κ3) is 3.26. The third-order valence-corrected chi connectivity index (χ3v) is 6.94. The van der Waals surface area contributed by atoms with Gasteiger partial charge in [0, 0.05) is 17.7 Å². The van der Waals surface area contributed by atoms with Gasteiger partial charge >= 0.3 is 6.01 Å². The standard InChI is InChI=1S/C28H24N2O4/c31-23-16-17-30-26-25(34-27(30)29-23)24(32)22(33-26)18-28(19-10-4-1-5-11-19,20-12-6-2-7-13-20)21-14-8-3-9-15-21/h1-17,22,24-26,32H,18H2/t22-,24+,25+,26+/m0/s1. The largest absolute Gasteiger partial charge is 0.453 e. The van der Waals surface area contributed by atoms with Gasteiger partial charge in [-0.3, -0.25) is 9.36 Å². The minimum Gasteiger partial charge on any atom is -0.453 e. The maximum absolute atomic E-state index is 11.6. The number of hydrogen-bond donors (Lipinski definition) is 1. The summed E-state index contributed by atoms with van der Waals surface area (Å²) < 4.78 is 14.0. The van der Waals surface area contributed by atoms with Gasteiger partial charge in [0.2, 0.25) is 0 Å². The van der Waals surface area contributed by atoms with E-state index in [2.05, 4.69) is 41.4 Å². The van der Waals surface area contributed by atoms with Crippen LogP contribution in [0.1, 0.15) is 29.3 Å². The van der Waals surface area contributed by atoms with Crippen LogP contribution in [0.5, 0.6) is 6.01 Å². The maximum atomic E-state index is 11.6. The Kier molecular flexibility index (Phi) is 5.05. The van der Waals surface area contributed by atoms with E-state index in [1.165, 1.54) is 6.07 Å². The molecule has 0 aliphatic carbocycles. The lowest BCUT2D eigenvalue weighted by Crippen LogP contribution is -2.40. The van der Waals surface area contributed by atoms with Gasteiger partial charge < -0.3 is 14.6 Å². The first-order valence-corrected chi connectivity index (χ1v) is 11.4. The van der Waals surface area contributed by atoms with Crippen molar-refractivity contribution in [2.75, 3.05) is 0 Å². The molecular formula is C28H24N2O4. The van der Waals surface area contributed by atoms with Gasteiger partial charge in [0.05, 0.1) is 6.10 Å². The Labute approximate surface area is 197 Å². The van der Waals surface area contributed by atoms with Gasteiger partial charge in [-0.1, -0.05) is 91.0 Å². The smallest absolute Gasteiger partial charge is 0.302 e. The van der Waals surface area contributed by atoms with Crippen molar-refractivity contribution >= 4 is 0 Å². The Hall–Kier alpha value is -3.74. The molecule has 2 aliphatic heterocycles. The highest BCUT2D eigenvalue weighted by atomic mass is 16.6. The number of rotatable bonds is 5. The molecule has 1 aromatic heterocycles. The number of fused-ring (bicyclic) bond motifs is 3. The molecule has 0 saturated carbocycles. The Morgan fingerprint density at radius 2 is 1.35 bits per heavy atom. The van der Waals surface area contributed by atoms with Crippen LogP contribution < -0.4 is 10.3 Å². The number of benzene rings is 3. The molecule has 0 unspecified atom stereocenters. The zero-order chi connectivity index (χ0) is 23.1. The summed E-state index contributed by atoms with van der Waals surface area (Å²) in [7, 11) is 0. The Morgan fingerprint density at radius 3 is 1.88 bits per heavy atom. The average molecular weight is 453 g/mol. The molecule has 4 atom stereocenters. The van der Waals surface area contributed by atoms with Crippen molar-refractivity contribution in [1.29, 1.82) is 0 Å². The van der Waals surface area contributed by atoms with Crippen LogP contribution in [0.15, 0.2) is 108 Å². The van der Waals surface area contributed by atoms with E-state index < -0.39 is 30.0 Å². The van der Waals surface area contributed by atoms with E-state index in [0.717, 1.165) is 16.7 Å². The number of ether oxygens (including phenoxy) is 2. The lowest BCUT2D eigenvalue weighted by molar-refractivity contribution is -0.0271. The first-order chi connectivity index (χ1) is 16.7. The normalized spacial score (nSPS) is 23.2. The van der Waals surface area contributed by atoms with Crippen LogP contribution in [-0.2, 0) is 10.2 Å². The fraction of sp³-hybridized carbons (Fsp3) is 0.214. The number of aliphatic hydroxyl groups is 1. The molecule has 1 fully saturated rings. The summed E-state index contributed by atoms with van der Waals surface area (Å²) in [6.45, 7) is 0. The summed E-state index contributed by atoms with van der Waals surface area (Å²) >= 11 is 0. The molecule has 6 rings (SSSR count). The summed E-state index contributed by atoms with van der Waals surface area (Å²) in [5.74, 6) is 0. The van der Waals surface area contributed by atoms with Gasteiger partial charge in [0.1, 0.15) is 6.10 Å². The van der Waals surface area contributed by atoms with Crippen LogP contribution >= 0.6 is 0 Å². The lowest BCUT2D eigenvalue weighted by Gasteiger charge is -2.38. The molecule has 0 amide bonds. The fourth-order valence-corrected chi connectivity index (χ4v) is 5.36. The molecule has 0 bridgehead atoms. The molecule has 1 N–H and O–H groups in total. The van der Waals surface area contributed by atoms with Crippen LogP contribution in [0.3, 0.4) is 0 Å². The highest BCUT2D eigenvalue weighted by molar-refractivity contribution is 5.50. The highest BCUT2D eigenvalue weighted by Gasteiger charge is 2.53. The molecule has 4 aromatic rings. The highest BCUT2D eigenvalue weighted by Crippen LogP contribution is 2.48. The molecule has 0 spiro atoms. The number of aliphatic hydroxyl groups excluding tert-OH is 1. The molecule has 3 heterocycles. The van der Waals surface area contributed by atoms with Crippen molar-refractivity contribution in [3.8, 4) is 6.01 Å². The molecule has 6 nitrogen and oxygen atoms in total. The van der Waals surface area contributed by atoms with E-state index in [9.17, 15) is 9.90 Å². The van der Waals surface area contributed by atoms with Crippen LogP contribution in [0, 0.1) is 0 Å². The van der Waals surface area contributed by atoms with Gasteiger partial charge in [-0.25, -0.2) is 0 Å². The number of hydrogen-bond acceptors (Lipinski definition) is 5. The first-order valence-electron chi connectivity index (χ1n) is 11.4. The van der Waals surface area contributed by atoms with Crippen molar-refractivity contribution in [2.24, 2.45) is 0 Å². The zero-order valence-electron chi connectivity index (χ0n) is 18.4. The third-order valence-electron chi connectivity index (χ3n) is 6.94. The van der Waals surface area contributed by atoms with Gasteiger partial charge in [-0.05, 0) is 23.1 Å². The molecule has 0 radical (unpaired) electrons. The summed E-state index contributed by atoms with van der Waals surface area (Å²) in [4.78, 5) is 15.6. The van der Waals surface area contributed by atoms with E-state index in [1.54, 1.807) is 10.8 Å². The van der Waals surface area contributed by atoms with Crippen molar-refractivity contribution in [3.63, 3.8) is 0 Å². The van der Waals surface area contributed by atoms with E-state index >= 15 is 0 Å². The average Bonchev–Trinajstić information content (AvgIpc) is 3.39. The van der Waals surface area contributed by atoms with E-state index in [1.807, 2.05) is 54.6 Å². The van der Waals surface area contributed by atoms with E-state index in [4.69, 9.17) is 9.47 Å². The quantitative estimate of drug-likeness (QED) is 0.468. The second kappa shape index (κ2) is 8.24. The molecule has 1 saturated heterocycles. The minimum atomic E-state index is -0.891. The van der Waals surface area contributed by atoms with Gasteiger partial charge in [0.25, 0.3) is 5.56 Å². The van der Waals surface area contributed by atoms with E-state index in [-0.39, 0.29) is 11.6 Å².